The van der Waals surface area contributed by atoms with E-state index in [1.807, 2.05) is 13.8 Å². The molecule has 3 fully saturated rings. The van der Waals surface area contributed by atoms with Crippen LogP contribution in [0.25, 0.3) is 0 Å². The first-order valence-electron chi connectivity index (χ1n) is 11.0. The molecule has 8 atom stereocenters. The highest BCUT2D eigenvalue weighted by Crippen LogP contribution is 2.68. The van der Waals surface area contributed by atoms with Crippen LogP contribution in [0.5, 0.6) is 0 Å². The molecule has 3 saturated carbocycles. The topological polar surface area (TPSA) is 140 Å². The Balaban J connectivity index is 1.93. The molecular weight excluding hydrogens is 420 g/mol. The lowest BCUT2D eigenvalue weighted by Crippen LogP contribution is -2.75. The largest absolute Gasteiger partial charge is 0.469 e. The summed E-state index contributed by atoms with van der Waals surface area (Å²) in [5.41, 5.74) is -3.23. The van der Waals surface area contributed by atoms with E-state index < -0.39 is 70.1 Å². The lowest BCUT2D eigenvalue weighted by Gasteiger charge is -2.69. The van der Waals surface area contributed by atoms with Crippen molar-refractivity contribution in [1.82, 2.24) is 0 Å². The minimum Gasteiger partial charge on any atom is -0.469 e. The number of ether oxygens (including phenoxy) is 3. The van der Waals surface area contributed by atoms with Crippen LogP contribution in [0.15, 0.2) is 11.6 Å². The summed E-state index contributed by atoms with van der Waals surface area (Å²) < 4.78 is 15.9. The van der Waals surface area contributed by atoms with Crippen LogP contribution in [0.3, 0.4) is 0 Å². The van der Waals surface area contributed by atoms with Crippen molar-refractivity contribution in [3.8, 4) is 0 Å². The number of aliphatic hydroxyl groups excluding tert-OH is 1. The first-order valence-corrected chi connectivity index (χ1v) is 11.0. The highest BCUT2D eigenvalue weighted by atomic mass is 16.7. The number of hydrogen-bond acceptors (Lipinski definition) is 9. The molecule has 3 N–H and O–H groups in total. The Morgan fingerprint density at radius 3 is 2.44 bits per heavy atom. The smallest absolute Gasteiger partial charge is 0.333 e. The second-order valence-corrected chi connectivity index (χ2v) is 10.6. The zero-order valence-corrected chi connectivity index (χ0v) is 19.1. The van der Waals surface area contributed by atoms with Crippen LogP contribution in [0.2, 0.25) is 0 Å². The predicted octanol–water partition coefficient (Wildman–Crippen LogP) is 0.837. The lowest BCUT2D eigenvalue weighted by molar-refractivity contribution is -0.315. The van der Waals surface area contributed by atoms with Gasteiger partial charge in [-0.1, -0.05) is 20.8 Å². The van der Waals surface area contributed by atoms with Gasteiger partial charge < -0.3 is 29.5 Å². The van der Waals surface area contributed by atoms with Gasteiger partial charge in [-0.15, -0.1) is 0 Å². The van der Waals surface area contributed by atoms with E-state index in [2.05, 4.69) is 0 Å². The van der Waals surface area contributed by atoms with Crippen molar-refractivity contribution in [2.45, 2.75) is 77.0 Å². The summed E-state index contributed by atoms with van der Waals surface area (Å²) in [5, 5.41) is 34.8. The van der Waals surface area contributed by atoms with E-state index >= 15 is 0 Å². The third-order valence-electron chi connectivity index (χ3n) is 8.87. The molecule has 8 unspecified atom stereocenters. The number of fused-ring (bicyclic) bond motifs is 4. The van der Waals surface area contributed by atoms with Crippen molar-refractivity contribution in [2.24, 2.45) is 28.6 Å². The van der Waals surface area contributed by atoms with E-state index in [1.54, 1.807) is 6.92 Å². The Hall–Kier alpha value is -1.97. The molecular formula is C23H32O9. The van der Waals surface area contributed by atoms with Crippen molar-refractivity contribution >= 4 is 17.9 Å². The molecule has 3 aliphatic carbocycles. The number of methoxy groups -OCH3 is 1. The normalized spacial score (nSPS) is 46.7. The summed E-state index contributed by atoms with van der Waals surface area (Å²) >= 11 is 0. The zero-order valence-electron chi connectivity index (χ0n) is 19.1. The molecule has 0 spiro atoms. The van der Waals surface area contributed by atoms with Crippen LogP contribution in [0, 0.1) is 28.6 Å². The van der Waals surface area contributed by atoms with E-state index in [1.165, 1.54) is 14.0 Å². The molecule has 0 saturated heterocycles. The Kier molecular flexibility index (Phi) is 5.08. The predicted molar refractivity (Wildman–Crippen MR) is 108 cm³/mol. The maximum absolute atomic E-state index is 12.9. The quantitative estimate of drug-likeness (QED) is 0.411. The molecule has 4 rings (SSSR count). The van der Waals surface area contributed by atoms with E-state index in [-0.39, 0.29) is 18.4 Å². The SMILES string of the molecule is COC(=O)C1C2=CC(=O)OC2(O)CC2C1C(O)CC1(O)C(C)(C)CCC(OC(C)=O)C21C. The van der Waals surface area contributed by atoms with Crippen molar-refractivity contribution in [1.29, 1.82) is 0 Å². The van der Waals surface area contributed by atoms with E-state index in [9.17, 15) is 29.7 Å². The maximum atomic E-state index is 12.9. The van der Waals surface area contributed by atoms with Gasteiger partial charge in [-0.2, -0.15) is 0 Å². The zero-order chi connectivity index (χ0) is 23.9. The summed E-state index contributed by atoms with van der Waals surface area (Å²) in [6, 6.07) is 0. The Morgan fingerprint density at radius 2 is 1.84 bits per heavy atom. The van der Waals surface area contributed by atoms with Crippen molar-refractivity contribution in [2.75, 3.05) is 7.11 Å². The monoisotopic (exact) mass is 452 g/mol. The highest BCUT2D eigenvalue weighted by molar-refractivity contribution is 5.90. The second-order valence-electron chi connectivity index (χ2n) is 10.6. The minimum atomic E-state index is -2.07. The van der Waals surface area contributed by atoms with Crippen LogP contribution < -0.4 is 0 Å². The minimum absolute atomic E-state index is 0.0521. The highest BCUT2D eigenvalue weighted by Gasteiger charge is 2.74. The van der Waals surface area contributed by atoms with Gasteiger partial charge in [-0.25, -0.2) is 4.79 Å². The van der Waals surface area contributed by atoms with Gasteiger partial charge in [0.25, 0.3) is 0 Å². The van der Waals surface area contributed by atoms with E-state index in [0.717, 1.165) is 6.08 Å². The molecule has 9 nitrogen and oxygen atoms in total. The van der Waals surface area contributed by atoms with Gasteiger partial charge in [-0.3, -0.25) is 9.59 Å². The van der Waals surface area contributed by atoms with Gasteiger partial charge in [-0.05, 0) is 24.2 Å². The molecule has 32 heavy (non-hydrogen) atoms. The molecule has 9 heteroatoms. The molecule has 0 radical (unpaired) electrons. The molecule has 0 amide bonds. The fourth-order valence-corrected chi connectivity index (χ4v) is 7.23. The molecule has 1 aliphatic heterocycles. The summed E-state index contributed by atoms with van der Waals surface area (Å²) in [6.07, 6.45) is 0.0551. The number of carbonyl (C=O) groups is 3. The van der Waals surface area contributed by atoms with Gasteiger partial charge >= 0.3 is 17.9 Å². The first kappa shape index (κ1) is 23.2. The summed E-state index contributed by atoms with van der Waals surface area (Å²) in [6.45, 7) is 6.88. The molecule has 1 heterocycles. The third-order valence-corrected chi connectivity index (χ3v) is 8.87. The summed E-state index contributed by atoms with van der Waals surface area (Å²) in [4.78, 5) is 37.0. The van der Waals surface area contributed by atoms with Crippen LogP contribution >= 0.6 is 0 Å². The third kappa shape index (κ3) is 2.83. The lowest BCUT2D eigenvalue weighted by atomic mass is 9.39. The van der Waals surface area contributed by atoms with Crippen LogP contribution in [0.1, 0.15) is 53.4 Å². The van der Waals surface area contributed by atoms with Crippen molar-refractivity contribution < 1.29 is 43.9 Å². The molecule has 0 aromatic heterocycles. The van der Waals surface area contributed by atoms with Gasteiger partial charge in [0.1, 0.15) is 6.10 Å². The molecule has 178 valence electrons. The average molecular weight is 453 g/mol. The average Bonchev–Trinajstić information content (AvgIpc) is 2.99. The fraction of sp³-hybridized carbons (Fsp3) is 0.783. The first-order chi connectivity index (χ1) is 14.7. The molecule has 0 aromatic rings. The number of rotatable bonds is 2. The Labute approximate surface area is 186 Å². The summed E-state index contributed by atoms with van der Waals surface area (Å²) in [7, 11) is 1.20. The second kappa shape index (κ2) is 7.01. The molecule has 0 bridgehead atoms. The summed E-state index contributed by atoms with van der Waals surface area (Å²) in [5.74, 6) is -6.72. The van der Waals surface area contributed by atoms with Crippen LogP contribution in [-0.4, -0.2) is 63.9 Å². The van der Waals surface area contributed by atoms with E-state index in [0.29, 0.717) is 12.8 Å². The van der Waals surface area contributed by atoms with Gasteiger partial charge in [0.05, 0.1) is 24.7 Å². The maximum Gasteiger partial charge on any atom is 0.333 e. The van der Waals surface area contributed by atoms with Crippen molar-refractivity contribution in [3.05, 3.63) is 11.6 Å². The van der Waals surface area contributed by atoms with Crippen LogP contribution in [-0.2, 0) is 28.6 Å². The molecule has 0 aromatic carbocycles. The van der Waals surface area contributed by atoms with Gasteiger partial charge in [0, 0.05) is 42.7 Å². The van der Waals surface area contributed by atoms with Crippen molar-refractivity contribution in [3.63, 3.8) is 0 Å². The fourth-order valence-electron chi connectivity index (χ4n) is 7.23. The number of aliphatic hydroxyl groups is 3. The molecule has 4 aliphatic rings. The van der Waals surface area contributed by atoms with Crippen LogP contribution in [0.4, 0.5) is 0 Å². The van der Waals surface area contributed by atoms with Gasteiger partial charge in [0.2, 0.25) is 5.79 Å². The Bertz CT molecular complexity index is 894. The van der Waals surface area contributed by atoms with E-state index in [4.69, 9.17) is 14.2 Å². The number of carbonyl (C=O) groups excluding carboxylic acids is 3. The number of esters is 3. The van der Waals surface area contributed by atoms with Gasteiger partial charge in [0.15, 0.2) is 0 Å². The number of hydrogen-bond donors (Lipinski definition) is 3. The Morgan fingerprint density at radius 1 is 1.19 bits per heavy atom. The standard InChI is InChI=1S/C23H32O9/c1-11(24)31-15-6-7-20(2,3)23(29)10-14(25)17-13(21(15,23)4)9-22(28)12(8-16(26)32-22)18(17)19(27)30-5/h8,13-15,17-18,25,28-29H,6-7,9-10H2,1-5H3.